The summed E-state index contributed by atoms with van der Waals surface area (Å²) in [4.78, 5) is 122. The Morgan fingerprint density at radius 1 is 0.619 bits per heavy atom. The molecule has 0 aliphatic carbocycles. The van der Waals surface area contributed by atoms with E-state index in [2.05, 4.69) is 42.5 Å². The highest BCUT2D eigenvalue weighted by Crippen LogP contribution is 2.29. The summed E-state index contributed by atoms with van der Waals surface area (Å²) in [6.45, 7) is 25.9. The van der Waals surface area contributed by atoms with Crippen LogP contribution in [0.1, 0.15) is 166 Å². The number of alkyl carbamates (subject to hydrolysis) is 4. The van der Waals surface area contributed by atoms with Crippen LogP contribution in [-0.2, 0) is 51.0 Å². The lowest BCUT2D eigenvalue weighted by Gasteiger charge is -2.33. The summed E-state index contributed by atoms with van der Waals surface area (Å²) in [5, 5.41) is 43.5. The number of amides is 9. The first kappa shape index (κ1) is 70.7. The molecule has 9 amide bonds. The number of carbonyl (C=O) groups excluding carboxylic acids is 8. The number of rotatable bonds is 21. The van der Waals surface area contributed by atoms with Crippen molar-refractivity contribution in [2.45, 2.75) is 226 Å². The van der Waals surface area contributed by atoms with Crippen LogP contribution in [0.2, 0.25) is 0 Å². The summed E-state index contributed by atoms with van der Waals surface area (Å²) in [7, 11) is 0. The van der Waals surface area contributed by atoms with Crippen molar-refractivity contribution in [3.63, 3.8) is 0 Å². The summed E-state index contributed by atoms with van der Waals surface area (Å²) >= 11 is 0. The van der Waals surface area contributed by atoms with E-state index < -0.39 is 112 Å². The van der Waals surface area contributed by atoms with Gasteiger partial charge in [-0.1, -0.05) is 30.3 Å². The number of benzene rings is 2. The molecular formula is C60H95N9O15. The summed E-state index contributed by atoms with van der Waals surface area (Å²) in [5.41, 5.74) is -1.69. The monoisotopic (exact) mass is 1180 g/mol. The Morgan fingerprint density at radius 2 is 1.18 bits per heavy atom. The third-order valence-corrected chi connectivity index (χ3v) is 12.4. The molecule has 0 saturated carbocycles. The largest absolute Gasteiger partial charge is 0.508 e. The Morgan fingerprint density at radius 3 is 1.76 bits per heavy atom. The van der Waals surface area contributed by atoms with Crippen molar-refractivity contribution in [3.05, 3.63) is 53.6 Å². The molecule has 2 aromatic rings. The Hall–Kier alpha value is -7.53. The van der Waals surface area contributed by atoms with Gasteiger partial charge in [-0.15, -0.1) is 0 Å². The molecule has 0 aromatic heterocycles. The molecule has 0 unspecified atom stereocenters. The highest BCUT2D eigenvalue weighted by atomic mass is 16.6. The molecule has 470 valence electrons. The molecule has 0 saturated heterocycles. The lowest BCUT2D eigenvalue weighted by atomic mass is 9.95. The number of hydrogen-bond acceptors (Lipinski definition) is 14. The minimum Gasteiger partial charge on any atom is -0.508 e. The smallest absolute Gasteiger partial charge is 0.408 e. The van der Waals surface area contributed by atoms with Gasteiger partial charge in [-0.05, 0) is 183 Å². The van der Waals surface area contributed by atoms with Crippen LogP contribution in [-0.4, -0.2) is 154 Å². The predicted molar refractivity (Wildman–Crippen MR) is 316 cm³/mol. The van der Waals surface area contributed by atoms with Gasteiger partial charge in [0.25, 0.3) is 0 Å². The van der Waals surface area contributed by atoms with E-state index in [0.717, 1.165) is 0 Å². The highest BCUT2D eigenvalue weighted by Gasteiger charge is 2.33. The van der Waals surface area contributed by atoms with Crippen molar-refractivity contribution in [1.29, 1.82) is 0 Å². The molecule has 2 aromatic carbocycles. The first-order valence-electron chi connectivity index (χ1n) is 28.8. The average Bonchev–Trinajstić information content (AvgIpc) is 3.59. The fraction of sp³-hybridized carbons (Fsp3) is 0.650. The highest BCUT2D eigenvalue weighted by molar-refractivity contribution is 5.92. The maximum absolute atomic E-state index is 14.7. The molecule has 3 rings (SSSR count). The Bertz CT molecular complexity index is 2580. The Labute approximate surface area is 495 Å². The van der Waals surface area contributed by atoms with Crippen LogP contribution >= 0.6 is 0 Å². The fourth-order valence-electron chi connectivity index (χ4n) is 8.83. The zero-order valence-electron chi connectivity index (χ0n) is 52.0. The number of carbonyl (C=O) groups is 9. The number of nitrogens with one attached hydrogen (secondary N) is 8. The van der Waals surface area contributed by atoms with E-state index >= 15 is 0 Å². The molecule has 24 nitrogen and oxygen atoms in total. The topological polar surface area (TPSA) is 330 Å². The van der Waals surface area contributed by atoms with Crippen LogP contribution in [0.25, 0.3) is 11.1 Å². The number of nitrogens with zero attached hydrogens (tertiary/aromatic N) is 1. The second-order valence-corrected chi connectivity index (χ2v) is 26.1. The minimum absolute atomic E-state index is 0.0383. The number of carboxylic acid groups (broad SMARTS) is 1. The van der Waals surface area contributed by atoms with Crippen molar-refractivity contribution in [1.82, 2.24) is 47.4 Å². The number of fused-ring (bicyclic) bond motifs is 5. The van der Waals surface area contributed by atoms with Gasteiger partial charge < -0.3 is 76.6 Å². The van der Waals surface area contributed by atoms with Gasteiger partial charge in [-0.25, -0.2) is 24.0 Å². The van der Waals surface area contributed by atoms with Crippen LogP contribution < -0.4 is 42.5 Å². The first-order chi connectivity index (χ1) is 38.7. The zero-order valence-corrected chi connectivity index (χ0v) is 52.0. The van der Waals surface area contributed by atoms with Crippen molar-refractivity contribution < 1.29 is 72.3 Å². The molecule has 0 spiro atoms. The number of aromatic hydroxyl groups is 1. The maximum atomic E-state index is 14.7. The van der Waals surface area contributed by atoms with Crippen LogP contribution in [0.15, 0.2) is 42.5 Å². The quantitative estimate of drug-likeness (QED) is 0.0428. The second kappa shape index (κ2) is 31.4. The van der Waals surface area contributed by atoms with Crippen molar-refractivity contribution in [2.75, 3.05) is 26.2 Å². The van der Waals surface area contributed by atoms with Gasteiger partial charge in [0, 0.05) is 69.1 Å². The third kappa shape index (κ3) is 28.6. The molecule has 0 fully saturated rings. The minimum atomic E-state index is -1.38. The molecule has 10 N–H and O–H groups in total. The molecule has 84 heavy (non-hydrogen) atoms. The lowest BCUT2D eigenvalue weighted by Crippen LogP contribution is -2.56. The Balaban J connectivity index is 2.02. The maximum Gasteiger partial charge on any atom is 0.408 e. The van der Waals surface area contributed by atoms with Crippen molar-refractivity contribution in [3.8, 4) is 16.9 Å². The molecule has 1 aliphatic rings. The number of phenols is 1. The van der Waals surface area contributed by atoms with Gasteiger partial charge in [-0.2, -0.15) is 0 Å². The summed E-state index contributed by atoms with van der Waals surface area (Å²) in [5.74, 6) is -2.74. The normalized spacial score (nSPS) is 16.7. The first-order valence-corrected chi connectivity index (χ1v) is 28.8. The van der Waals surface area contributed by atoms with E-state index in [4.69, 9.17) is 18.9 Å². The van der Waals surface area contributed by atoms with Crippen molar-refractivity contribution >= 4 is 54.1 Å². The zero-order chi connectivity index (χ0) is 63.4. The van der Waals surface area contributed by atoms with Crippen LogP contribution in [0.5, 0.6) is 5.75 Å². The molecule has 1 heterocycles. The van der Waals surface area contributed by atoms with Crippen LogP contribution in [0.3, 0.4) is 0 Å². The van der Waals surface area contributed by atoms with E-state index in [1.54, 1.807) is 122 Å². The SMILES string of the molecule is CC(C)(C)OC(=O)NCCC[C@@H](CNC(=O)C[C@H](CCCN(C(=O)O)C(C)(C)C)NC(=O)C[C@@H]1Cc2cccc(c2)-c2ccc(O)c(c2)C[C@H](NC(=O)OC(C)(C)C)C(=O)N[C@@H](CCCNC(=O)OC(C)(C)C)C(=O)N1)NC(=O)OC(C)(C)C. The third-order valence-electron chi connectivity index (χ3n) is 12.4. The number of ether oxygens (including phenoxy) is 4. The standard InChI is InChI=1S/C60H95N9O15/c1-56(2,3)69(55(79)80)29-19-23-41(34-47(71)63-36-42(66-53(77)83-59(10,11)12)22-17-27-61-51(75)81-57(4,5)6)64-48(72)35-43-31-37-20-16-21-38(30-37)39-25-26-46(70)40(32-39)33-45(68-54(78)84-60(13,14)15)50(74)67-44(49(73)65-43)24-18-28-62-52(76)82-58(7,8)9/h16,20-21,25-26,30,32,41-45,70H,17-19,22-24,27-29,31,33-36H2,1-15H3,(H,61,75)(H,62,76)(H,63,71)(H,64,72)(H,65,73)(H,66,77)(H,67,74)(H,68,78)(H,79,80)/t41-,42-,43-,44-,45-/m0/s1. The van der Waals surface area contributed by atoms with Gasteiger partial charge >= 0.3 is 30.5 Å². The molecule has 5 atom stereocenters. The van der Waals surface area contributed by atoms with E-state index in [1.807, 2.05) is 18.2 Å². The van der Waals surface area contributed by atoms with Crippen LogP contribution in [0.4, 0.5) is 24.0 Å². The summed E-state index contributed by atoms with van der Waals surface area (Å²) < 4.78 is 21.7. The molecule has 1 aliphatic heterocycles. The average molecular weight is 1180 g/mol. The lowest BCUT2D eigenvalue weighted by molar-refractivity contribution is -0.131. The number of hydrogen-bond donors (Lipinski definition) is 10. The van der Waals surface area contributed by atoms with Gasteiger partial charge in [0.15, 0.2) is 0 Å². The summed E-state index contributed by atoms with van der Waals surface area (Å²) in [6.07, 6.45) is -3.68. The molecule has 0 radical (unpaired) electrons. The second-order valence-electron chi connectivity index (χ2n) is 26.1. The molecular weight excluding hydrogens is 1090 g/mol. The van der Waals surface area contributed by atoms with E-state index in [-0.39, 0.29) is 83.3 Å². The molecule has 4 bridgehead atoms. The van der Waals surface area contributed by atoms with Gasteiger partial charge in [0.05, 0.1) is 0 Å². The van der Waals surface area contributed by atoms with Gasteiger partial charge in [-0.3, -0.25) is 19.2 Å². The number of phenolic OH excluding ortho intramolecular Hbond substituents is 1. The van der Waals surface area contributed by atoms with Crippen LogP contribution in [0, 0.1) is 0 Å². The van der Waals surface area contributed by atoms with Gasteiger partial charge in [0.2, 0.25) is 23.6 Å². The van der Waals surface area contributed by atoms with Crippen molar-refractivity contribution in [2.24, 2.45) is 0 Å². The fourth-order valence-corrected chi connectivity index (χ4v) is 8.83. The Kier molecular flexibility index (Phi) is 26.4. The molecule has 24 heteroatoms. The summed E-state index contributed by atoms with van der Waals surface area (Å²) in [6, 6.07) is 7.01. The van der Waals surface area contributed by atoms with E-state index in [0.29, 0.717) is 35.1 Å². The predicted octanol–water partition coefficient (Wildman–Crippen LogP) is 7.46. The van der Waals surface area contributed by atoms with E-state index in [9.17, 15) is 53.4 Å². The van der Waals surface area contributed by atoms with E-state index in [1.165, 1.54) is 11.0 Å². The van der Waals surface area contributed by atoms with Gasteiger partial charge in [0.1, 0.15) is 40.2 Å².